The van der Waals surface area contributed by atoms with Crippen molar-refractivity contribution in [2.75, 3.05) is 7.11 Å². The molecule has 0 unspecified atom stereocenters. The average Bonchev–Trinajstić information content (AvgIpc) is 1.94. The lowest BCUT2D eigenvalue weighted by Crippen LogP contribution is -1.86. The van der Waals surface area contributed by atoms with Gasteiger partial charge in [-0.15, -0.1) is 0 Å². The van der Waals surface area contributed by atoms with Crippen LogP contribution in [0.3, 0.4) is 0 Å². The second-order valence-electron chi connectivity index (χ2n) is 1.96. The molecule has 1 rings (SSSR count). The third-order valence-electron chi connectivity index (χ3n) is 1.25. The van der Waals surface area contributed by atoms with Gasteiger partial charge in [0, 0.05) is 3.57 Å². The molecule has 10 heavy (non-hydrogen) atoms. The number of benzene rings is 1. The Labute approximate surface area is 74.5 Å². The van der Waals surface area contributed by atoms with E-state index >= 15 is 0 Å². The molecule has 0 aliphatic heterocycles. The molecule has 0 heterocycles. The molecule has 1 aromatic rings. The van der Waals surface area contributed by atoms with Crippen LogP contribution in [0.15, 0.2) is 18.2 Å². The summed E-state index contributed by atoms with van der Waals surface area (Å²) in [6.45, 7) is 3.80. The van der Waals surface area contributed by atoms with Crippen molar-refractivity contribution in [1.29, 1.82) is 0 Å². The number of ether oxygens (including phenoxy) is 1. The minimum absolute atomic E-state index is 0.854. The van der Waals surface area contributed by atoms with Crippen LogP contribution in [0.1, 0.15) is 5.56 Å². The molecule has 53 valence electrons. The lowest BCUT2D eigenvalue weighted by Gasteiger charge is -2.02. The first-order valence-electron chi connectivity index (χ1n) is 2.89. The maximum absolute atomic E-state index is 5.06. The van der Waals surface area contributed by atoms with Gasteiger partial charge in [0.15, 0.2) is 0 Å². The fourth-order valence-electron chi connectivity index (χ4n) is 0.718. The average molecular weight is 247 g/mol. The highest BCUT2D eigenvalue weighted by Gasteiger charge is 1.96. The van der Waals surface area contributed by atoms with Crippen molar-refractivity contribution in [3.8, 4) is 5.75 Å². The standard InChI is InChI=1S/C8H8IO/c1-6-3-4-7(9)5-8(6)10-2/h3-5H,1H2,2H3. The Morgan fingerprint density at radius 1 is 1.50 bits per heavy atom. The van der Waals surface area contributed by atoms with Crippen LogP contribution in [0.25, 0.3) is 0 Å². The highest BCUT2D eigenvalue weighted by Crippen LogP contribution is 2.19. The second kappa shape index (κ2) is 3.23. The Morgan fingerprint density at radius 3 is 2.70 bits per heavy atom. The van der Waals surface area contributed by atoms with Crippen molar-refractivity contribution >= 4 is 22.6 Å². The first kappa shape index (κ1) is 7.85. The quantitative estimate of drug-likeness (QED) is 0.692. The molecule has 1 aromatic carbocycles. The molecule has 0 spiro atoms. The summed E-state index contributed by atoms with van der Waals surface area (Å²) in [6.07, 6.45) is 0. The van der Waals surface area contributed by atoms with Crippen molar-refractivity contribution in [2.45, 2.75) is 0 Å². The molecule has 1 radical (unpaired) electrons. The summed E-state index contributed by atoms with van der Waals surface area (Å²) in [5, 5.41) is 0. The predicted molar refractivity (Wildman–Crippen MR) is 50.2 cm³/mol. The third kappa shape index (κ3) is 1.62. The van der Waals surface area contributed by atoms with E-state index < -0.39 is 0 Å². The van der Waals surface area contributed by atoms with Crippen LogP contribution in [-0.2, 0) is 0 Å². The van der Waals surface area contributed by atoms with E-state index in [1.54, 1.807) is 7.11 Å². The normalized spacial score (nSPS) is 9.50. The fourth-order valence-corrected chi connectivity index (χ4v) is 1.18. The number of methoxy groups -OCH3 is 1. The van der Waals surface area contributed by atoms with E-state index in [0.717, 1.165) is 11.3 Å². The van der Waals surface area contributed by atoms with Crippen LogP contribution in [0.2, 0.25) is 0 Å². The summed E-state index contributed by atoms with van der Waals surface area (Å²) in [5.74, 6) is 0.854. The molecule has 0 saturated heterocycles. The molecule has 0 bridgehead atoms. The van der Waals surface area contributed by atoms with Crippen LogP contribution in [-0.4, -0.2) is 7.11 Å². The fraction of sp³-hybridized carbons (Fsp3) is 0.125. The smallest absolute Gasteiger partial charge is 0.123 e. The molecule has 0 aliphatic carbocycles. The van der Waals surface area contributed by atoms with Crippen molar-refractivity contribution in [1.82, 2.24) is 0 Å². The molecule has 0 saturated carbocycles. The number of rotatable bonds is 1. The Bertz CT molecular complexity index is 233. The van der Waals surface area contributed by atoms with Gasteiger partial charge < -0.3 is 4.74 Å². The van der Waals surface area contributed by atoms with E-state index in [0.29, 0.717) is 0 Å². The summed E-state index contributed by atoms with van der Waals surface area (Å²) in [5.41, 5.74) is 0.933. The van der Waals surface area contributed by atoms with E-state index in [-0.39, 0.29) is 0 Å². The lowest BCUT2D eigenvalue weighted by atomic mass is 10.2. The van der Waals surface area contributed by atoms with Crippen LogP contribution >= 0.6 is 22.6 Å². The molecule has 2 heteroatoms. The molecule has 1 nitrogen and oxygen atoms in total. The van der Waals surface area contributed by atoms with Crippen molar-refractivity contribution in [2.24, 2.45) is 0 Å². The molecule has 0 N–H and O–H groups in total. The summed E-state index contributed by atoms with van der Waals surface area (Å²) >= 11 is 2.24. The summed E-state index contributed by atoms with van der Waals surface area (Å²) in [7, 11) is 1.65. The predicted octanol–water partition coefficient (Wildman–Crippen LogP) is 2.48. The summed E-state index contributed by atoms with van der Waals surface area (Å²) < 4.78 is 6.23. The van der Waals surface area contributed by atoms with Gasteiger partial charge in [0.1, 0.15) is 5.75 Å². The molecular weight excluding hydrogens is 239 g/mol. The van der Waals surface area contributed by atoms with Crippen molar-refractivity contribution in [3.05, 3.63) is 34.3 Å². The first-order chi connectivity index (χ1) is 4.74. The number of hydrogen-bond acceptors (Lipinski definition) is 1. The van der Waals surface area contributed by atoms with E-state index in [9.17, 15) is 0 Å². The van der Waals surface area contributed by atoms with Gasteiger partial charge in [-0.25, -0.2) is 0 Å². The SMILES string of the molecule is [CH2]c1ccc(I)cc1OC. The molecular formula is C8H8IO. The van der Waals surface area contributed by atoms with Gasteiger partial charge in [-0.1, -0.05) is 6.07 Å². The summed E-state index contributed by atoms with van der Waals surface area (Å²) in [4.78, 5) is 0. The zero-order valence-electron chi connectivity index (χ0n) is 5.73. The van der Waals surface area contributed by atoms with Gasteiger partial charge in [-0.3, -0.25) is 0 Å². The summed E-state index contributed by atoms with van der Waals surface area (Å²) in [6, 6.07) is 5.91. The largest absolute Gasteiger partial charge is 0.496 e. The van der Waals surface area contributed by atoms with E-state index in [4.69, 9.17) is 4.74 Å². The van der Waals surface area contributed by atoms with Crippen molar-refractivity contribution < 1.29 is 4.74 Å². The Morgan fingerprint density at radius 2 is 2.20 bits per heavy atom. The maximum Gasteiger partial charge on any atom is 0.123 e. The highest BCUT2D eigenvalue weighted by atomic mass is 127. The lowest BCUT2D eigenvalue weighted by molar-refractivity contribution is 0.413. The zero-order valence-corrected chi connectivity index (χ0v) is 7.88. The van der Waals surface area contributed by atoms with Crippen LogP contribution in [0.5, 0.6) is 5.75 Å². The highest BCUT2D eigenvalue weighted by molar-refractivity contribution is 14.1. The van der Waals surface area contributed by atoms with Gasteiger partial charge in [-0.05, 0) is 47.2 Å². The molecule has 0 atom stereocenters. The monoisotopic (exact) mass is 247 g/mol. The molecule has 0 fully saturated rings. The van der Waals surface area contributed by atoms with Gasteiger partial charge in [0.25, 0.3) is 0 Å². The minimum atomic E-state index is 0.854. The number of hydrogen-bond donors (Lipinski definition) is 0. The third-order valence-corrected chi connectivity index (χ3v) is 1.92. The first-order valence-corrected chi connectivity index (χ1v) is 3.97. The Balaban J connectivity index is 3.09. The second-order valence-corrected chi connectivity index (χ2v) is 3.20. The molecule has 0 aliphatic rings. The van der Waals surface area contributed by atoms with Gasteiger partial charge >= 0.3 is 0 Å². The number of halogens is 1. The van der Waals surface area contributed by atoms with Crippen LogP contribution in [0, 0.1) is 10.5 Å². The maximum atomic E-state index is 5.06. The Hall–Kier alpha value is -0.250. The van der Waals surface area contributed by atoms with Crippen LogP contribution < -0.4 is 4.74 Å². The van der Waals surface area contributed by atoms with Gasteiger partial charge in [0.05, 0.1) is 7.11 Å². The topological polar surface area (TPSA) is 9.23 Å². The Kier molecular flexibility index (Phi) is 2.54. The minimum Gasteiger partial charge on any atom is -0.496 e. The van der Waals surface area contributed by atoms with Gasteiger partial charge in [0.2, 0.25) is 0 Å². The molecule has 0 amide bonds. The van der Waals surface area contributed by atoms with Crippen LogP contribution in [0.4, 0.5) is 0 Å². The van der Waals surface area contributed by atoms with E-state index in [1.807, 2.05) is 18.2 Å². The van der Waals surface area contributed by atoms with Crippen molar-refractivity contribution in [3.63, 3.8) is 0 Å². The molecule has 0 aromatic heterocycles. The van der Waals surface area contributed by atoms with E-state index in [2.05, 4.69) is 29.5 Å². The van der Waals surface area contributed by atoms with Gasteiger partial charge in [-0.2, -0.15) is 0 Å². The van der Waals surface area contributed by atoms with E-state index in [1.165, 1.54) is 3.57 Å². The zero-order chi connectivity index (χ0) is 7.56.